The van der Waals surface area contributed by atoms with Gasteiger partial charge in [0.2, 0.25) is 11.8 Å². The van der Waals surface area contributed by atoms with Gasteiger partial charge in [-0.2, -0.15) is 0 Å². The minimum absolute atomic E-state index is 0.124. The van der Waals surface area contributed by atoms with Crippen molar-refractivity contribution >= 4 is 23.5 Å². The lowest BCUT2D eigenvalue weighted by Crippen LogP contribution is -2.33. The molecule has 1 aliphatic rings. The number of para-hydroxylation sites is 2. The molecule has 1 aromatic carbocycles. The van der Waals surface area contributed by atoms with Gasteiger partial charge in [0, 0.05) is 6.42 Å². The van der Waals surface area contributed by atoms with Gasteiger partial charge in [0.25, 0.3) is 0 Å². The molecule has 2 rings (SSSR count). The van der Waals surface area contributed by atoms with Crippen LogP contribution in [0.4, 0.5) is 5.69 Å². The fraction of sp³-hybridized carbons (Fsp3) is 0.357. The summed E-state index contributed by atoms with van der Waals surface area (Å²) in [5, 5.41) is 8.65. The minimum Gasteiger partial charge on any atom is -0.480 e. The standard InChI is InChI=1S/C14H15NO5/c1-14(2)7-11(16)15(13(14)19)9-5-3-4-6-10(9)20-8-12(17)18/h3-6H,7-8H2,1-2H3,(H,17,18). The first-order valence-corrected chi connectivity index (χ1v) is 6.14. The predicted molar refractivity (Wildman–Crippen MR) is 70.5 cm³/mol. The maximum Gasteiger partial charge on any atom is 0.341 e. The predicted octanol–water partition coefficient (Wildman–Crippen LogP) is 1.44. The third-order valence-corrected chi connectivity index (χ3v) is 3.08. The first kappa shape index (κ1) is 14.0. The molecule has 6 nitrogen and oxygen atoms in total. The van der Waals surface area contributed by atoms with Gasteiger partial charge in [-0.15, -0.1) is 0 Å². The lowest BCUT2D eigenvalue weighted by molar-refractivity contribution is -0.139. The highest BCUT2D eigenvalue weighted by Gasteiger charge is 2.46. The Balaban J connectivity index is 2.35. The summed E-state index contributed by atoms with van der Waals surface area (Å²) in [6.45, 7) is 2.87. The van der Waals surface area contributed by atoms with E-state index < -0.39 is 18.0 Å². The van der Waals surface area contributed by atoms with Crippen molar-refractivity contribution in [1.29, 1.82) is 0 Å². The van der Waals surface area contributed by atoms with Crippen molar-refractivity contribution in [3.63, 3.8) is 0 Å². The molecule has 106 valence electrons. The monoisotopic (exact) mass is 277 g/mol. The Morgan fingerprint density at radius 1 is 1.35 bits per heavy atom. The van der Waals surface area contributed by atoms with E-state index in [1.165, 1.54) is 6.07 Å². The average molecular weight is 277 g/mol. The van der Waals surface area contributed by atoms with E-state index in [-0.39, 0.29) is 29.7 Å². The topological polar surface area (TPSA) is 83.9 Å². The van der Waals surface area contributed by atoms with Gasteiger partial charge in [0.05, 0.1) is 11.1 Å². The van der Waals surface area contributed by atoms with E-state index in [0.29, 0.717) is 0 Å². The molecule has 0 bridgehead atoms. The Labute approximate surface area is 115 Å². The lowest BCUT2D eigenvalue weighted by Gasteiger charge is -2.20. The Kier molecular flexibility index (Phi) is 3.48. The van der Waals surface area contributed by atoms with Gasteiger partial charge in [-0.05, 0) is 12.1 Å². The Bertz CT molecular complexity index is 579. The number of carboxylic acid groups (broad SMARTS) is 1. The number of hydrogen-bond donors (Lipinski definition) is 1. The number of carbonyl (C=O) groups excluding carboxylic acids is 2. The minimum atomic E-state index is -1.13. The van der Waals surface area contributed by atoms with E-state index in [9.17, 15) is 14.4 Å². The maximum absolute atomic E-state index is 12.3. The molecular weight excluding hydrogens is 262 g/mol. The van der Waals surface area contributed by atoms with Gasteiger partial charge in [0.1, 0.15) is 5.75 Å². The van der Waals surface area contributed by atoms with E-state index in [2.05, 4.69) is 0 Å². The smallest absolute Gasteiger partial charge is 0.341 e. The summed E-state index contributed by atoms with van der Waals surface area (Å²) in [5.41, 5.74) is -0.467. The Hall–Kier alpha value is -2.37. The van der Waals surface area contributed by atoms with Crippen LogP contribution in [0, 0.1) is 5.41 Å². The van der Waals surface area contributed by atoms with Crippen molar-refractivity contribution in [2.45, 2.75) is 20.3 Å². The molecule has 20 heavy (non-hydrogen) atoms. The Morgan fingerprint density at radius 3 is 2.55 bits per heavy atom. The van der Waals surface area contributed by atoms with Crippen LogP contribution in [0.1, 0.15) is 20.3 Å². The zero-order chi connectivity index (χ0) is 14.9. The van der Waals surface area contributed by atoms with Crippen molar-refractivity contribution in [2.24, 2.45) is 5.41 Å². The molecule has 1 aromatic rings. The van der Waals surface area contributed by atoms with Crippen LogP contribution in [-0.4, -0.2) is 29.5 Å². The Morgan fingerprint density at radius 2 is 2.00 bits per heavy atom. The number of anilines is 1. The molecule has 1 heterocycles. The second kappa shape index (κ2) is 4.96. The second-order valence-corrected chi connectivity index (χ2v) is 5.25. The zero-order valence-electron chi connectivity index (χ0n) is 11.3. The van der Waals surface area contributed by atoms with E-state index in [1.807, 2.05) is 0 Å². The number of aliphatic carboxylic acids is 1. The fourth-order valence-electron chi connectivity index (χ4n) is 2.10. The maximum atomic E-state index is 12.3. The van der Waals surface area contributed by atoms with E-state index in [0.717, 1.165) is 4.90 Å². The van der Waals surface area contributed by atoms with Crippen molar-refractivity contribution in [3.05, 3.63) is 24.3 Å². The molecular formula is C14H15NO5. The van der Waals surface area contributed by atoms with Crippen LogP contribution in [-0.2, 0) is 14.4 Å². The van der Waals surface area contributed by atoms with Gasteiger partial charge < -0.3 is 9.84 Å². The van der Waals surface area contributed by atoms with Crippen molar-refractivity contribution in [3.8, 4) is 5.75 Å². The van der Waals surface area contributed by atoms with Gasteiger partial charge in [0.15, 0.2) is 6.61 Å². The summed E-state index contributed by atoms with van der Waals surface area (Å²) in [6, 6.07) is 6.41. The van der Waals surface area contributed by atoms with Crippen LogP contribution in [0.15, 0.2) is 24.3 Å². The number of imide groups is 1. The van der Waals surface area contributed by atoms with Crippen molar-refractivity contribution in [2.75, 3.05) is 11.5 Å². The summed E-state index contributed by atoms with van der Waals surface area (Å²) >= 11 is 0. The molecule has 1 aliphatic heterocycles. The van der Waals surface area contributed by atoms with Crippen LogP contribution in [0.2, 0.25) is 0 Å². The van der Waals surface area contributed by atoms with Crippen molar-refractivity contribution < 1.29 is 24.2 Å². The second-order valence-electron chi connectivity index (χ2n) is 5.25. The normalized spacial score (nSPS) is 17.4. The summed E-state index contributed by atoms with van der Waals surface area (Å²) in [6.07, 6.45) is 0.124. The molecule has 0 unspecified atom stereocenters. The largest absolute Gasteiger partial charge is 0.480 e. The third-order valence-electron chi connectivity index (χ3n) is 3.08. The molecule has 2 amide bonds. The molecule has 6 heteroatoms. The number of nitrogens with zero attached hydrogens (tertiary/aromatic N) is 1. The highest BCUT2D eigenvalue weighted by atomic mass is 16.5. The van der Waals surface area contributed by atoms with E-state index in [1.54, 1.807) is 32.0 Å². The SMILES string of the molecule is CC1(C)CC(=O)N(c2ccccc2OCC(=O)O)C1=O. The van der Waals surface area contributed by atoms with Crippen LogP contribution in [0.25, 0.3) is 0 Å². The first-order valence-electron chi connectivity index (χ1n) is 6.14. The van der Waals surface area contributed by atoms with Crippen LogP contribution in [0.5, 0.6) is 5.75 Å². The third kappa shape index (κ3) is 2.49. The molecule has 0 aliphatic carbocycles. The van der Waals surface area contributed by atoms with Gasteiger partial charge in [-0.25, -0.2) is 9.69 Å². The molecule has 1 saturated heterocycles. The number of ether oxygens (including phenoxy) is 1. The van der Waals surface area contributed by atoms with Crippen LogP contribution in [0.3, 0.4) is 0 Å². The summed E-state index contributed by atoms with van der Waals surface area (Å²) in [7, 11) is 0. The average Bonchev–Trinajstić information content (AvgIpc) is 2.56. The van der Waals surface area contributed by atoms with Gasteiger partial charge in [-0.3, -0.25) is 9.59 Å². The quantitative estimate of drug-likeness (QED) is 0.842. The highest BCUT2D eigenvalue weighted by molar-refractivity contribution is 6.22. The summed E-state index contributed by atoms with van der Waals surface area (Å²) < 4.78 is 5.13. The molecule has 0 radical (unpaired) electrons. The number of hydrogen-bond acceptors (Lipinski definition) is 4. The highest BCUT2D eigenvalue weighted by Crippen LogP contribution is 2.38. The molecule has 0 aromatic heterocycles. The summed E-state index contributed by atoms with van der Waals surface area (Å²) in [5.74, 6) is -1.55. The van der Waals surface area contributed by atoms with Gasteiger partial charge >= 0.3 is 5.97 Å². The lowest BCUT2D eigenvalue weighted by atomic mass is 9.92. The number of rotatable bonds is 4. The number of benzene rings is 1. The number of amides is 2. The first-order chi connectivity index (χ1) is 9.33. The molecule has 1 N–H and O–H groups in total. The van der Waals surface area contributed by atoms with E-state index >= 15 is 0 Å². The van der Waals surface area contributed by atoms with Crippen LogP contribution >= 0.6 is 0 Å². The molecule has 1 fully saturated rings. The molecule has 0 saturated carbocycles. The molecule has 0 atom stereocenters. The van der Waals surface area contributed by atoms with Crippen molar-refractivity contribution in [1.82, 2.24) is 0 Å². The fourth-order valence-corrected chi connectivity index (χ4v) is 2.10. The summed E-state index contributed by atoms with van der Waals surface area (Å²) in [4.78, 5) is 35.9. The van der Waals surface area contributed by atoms with Crippen LogP contribution < -0.4 is 9.64 Å². The number of carbonyl (C=O) groups is 3. The van der Waals surface area contributed by atoms with Gasteiger partial charge in [-0.1, -0.05) is 26.0 Å². The number of carboxylic acids is 1. The zero-order valence-corrected chi connectivity index (χ0v) is 11.3. The molecule has 0 spiro atoms. The van der Waals surface area contributed by atoms with E-state index in [4.69, 9.17) is 9.84 Å².